The van der Waals surface area contributed by atoms with E-state index in [2.05, 4.69) is 10.2 Å². The van der Waals surface area contributed by atoms with Gasteiger partial charge < -0.3 is 25.3 Å². The molecule has 1 aliphatic rings. The van der Waals surface area contributed by atoms with Crippen LogP contribution in [0.15, 0.2) is 57.7 Å². The average molecular weight is 494 g/mol. The highest BCUT2D eigenvalue weighted by molar-refractivity contribution is 5.84. The summed E-state index contributed by atoms with van der Waals surface area (Å²) in [5, 5.41) is 15.3. The minimum atomic E-state index is -1.86. The van der Waals surface area contributed by atoms with Gasteiger partial charge in [-0.25, -0.2) is 4.79 Å². The third kappa shape index (κ3) is 6.72. The van der Waals surface area contributed by atoms with Gasteiger partial charge in [0.05, 0.1) is 13.2 Å². The first-order valence-corrected chi connectivity index (χ1v) is 12.5. The second kappa shape index (κ2) is 11.7. The van der Waals surface area contributed by atoms with Gasteiger partial charge in [0.1, 0.15) is 11.2 Å². The first kappa shape index (κ1) is 25.9. The molecule has 8 nitrogen and oxygen atoms in total. The topological polar surface area (TPSA) is 118 Å². The van der Waals surface area contributed by atoms with Gasteiger partial charge in [-0.3, -0.25) is 9.69 Å². The van der Waals surface area contributed by atoms with Gasteiger partial charge in [-0.15, -0.1) is 0 Å². The number of hydrogen-bond donors (Lipinski definition) is 3. The van der Waals surface area contributed by atoms with Crippen LogP contribution in [0, 0.1) is 6.92 Å². The summed E-state index contributed by atoms with van der Waals surface area (Å²) in [6.07, 6.45) is 1.39. The minimum absolute atomic E-state index is 0.0972. The molecule has 0 saturated carbocycles. The van der Waals surface area contributed by atoms with Crippen LogP contribution in [-0.2, 0) is 22.4 Å². The van der Waals surface area contributed by atoms with Crippen molar-refractivity contribution in [2.75, 3.05) is 44.7 Å². The van der Waals surface area contributed by atoms with Crippen molar-refractivity contribution in [2.45, 2.75) is 38.2 Å². The van der Waals surface area contributed by atoms with Gasteiger partial charge in [-0.1, -0.05) is 23.8 Å². The zero-order valence-corrected chi connectivity index (χ0v) is 20.8. The maximum absolute atomic E-state index is 12.5. The molecule has 1 aliphatic heterocycles. The number of aryl methyl sites for hydroxylation is 2. The van der Waals surface area contributed by atoms with Crippen LogP contribution < -0.4 is 16.7 Å². The number of carbonyl (C=O) groups is 1. The van der Waals surface area contributed by atoms with Crippen molar-refractivity contribution in [3.63, 3.8) is 0 Å². The van der Waals surface area contributed by atoms with E-state index in [4.69, 9.17) is 14.9 Å². The van der Waals surface area contributed by atoms with Crippen LogP contribution in [-0.4, -0.2) is 60.9 Å². The molecule has 36 heavy (non-hydrogen) atoms. The summed E-state index contributed by atoms with van der Waals surface area (Å²) in [6.45, 7) is 7.50. The lowest BCUT2D eigenvalue weighted by Gasteiger charge is -2.26. The van der Waals surface area contributed by atoms with Gasteiger partial charge >= 0.3 is 5.63 Å². The predicted octanol–water partition coefficient (Wildman–Crippen LogP) is 2.63. The fourth-order valence-electron chi connectivity index (χ4n) is 4.52. The molecule has 1 amide bonds. The number of rotatable bonds is 11. The second-order valence-electron chi connectivity index (χ2n) is 9.60. The molecule has 3 aromatic rings. The van der Waals surface area contributed by atoms with Crippen molar-refractivity contribution < 1.29 is 19.1 Å². The van der Waals surface area contributed by atoms with Crippen molar-refractivity contribution in [3.8, 4) is 0 Å². The summed E-state index contributed by atoms with van der Waals surface area (Å²) in [5.74, 6) is -0.857. The summed E-state index contributed by atoms with van der Waals surface area (Å²) in [6, 6.07) is 15.1. The maximum atomic E-state index is 12.5. The van der Waals surface area contributed by atoms with E-state index in [-0.39, 0.29) is 18.4 Å². The van der Waals surface area contributed by atoms with Crippen molar-refractivity contribution in [2.24, 2.45) is 5.73 Å². The monoisotopic (exact) mass is 493 g/mol. The van der Waals surface area contributed by atoms with Crippen LogP contribution in [0.2, 0.25) is 0 Å². The van der Waals surface area contributed by atoms with E-state index in [1.165, 1.54) is 0 Å². The molecule has 0 spiro atoms. The van der Waals surface area contributed by atoms with Gasteiger partial charge in [0.2, 0.25) is 5.91 Å². The highest BCUT2D eigenvalue weighted by atomic mass is 16.5. The average Bonchev–Trinajstić information content (AvgIpc) is 2.87. The molecule has 1 aromatic heterocycles. The molecule has 0 bridgehead atoms. The number of nitrogens with zero attached hydrogens (tertiary/aromatic N) is 1. The Hall–Kier alpha value is -3.20. The van der Waals surface area contributed by atoms with Crippen molar-refractivity contribution >= 4 is 22.6 Å². The summed E-state index contributed by atoms with van der Waals surface area (Å²) in [4.78, 5) is 27.1. The molecule has 1 fully saturated rings. The van der Waals surface area contributed by atoms with Gasteiger partial charge in [-0.05, 0) is 68.6 Å². The number of primary amides is 1. The van der Waals surface area contributed by atoms with Gasteiger partial charge in [0, 0.05) is 42.7 Å². The third-order valence-corrected chi connectivity index (χ3v) is 6.77. The smallest absolute Gasteiger partial charge is 0.339 e. The van der Waals surface area contributed by atoms with E-state index in [0.717, 1.165) is 68.0 Å². The number of nitrogens with two attached hydrogens (primary N) is 1. The van der Waals surface area contributed by atoms with Crippen LogP contribution in [0.1, 0.15) is 29.5 Å². The van der Waals surface area contributed by atoms with Crippen LogP contribution in [0.5, 0.6) is 0 Å². The summed E-state index contributed by atoms with van der Waals surface area (Å²) in [5.41, 5.74) is 6.84. The molecule has 192 valence electrons. The molecule has 2 heterocycles. The van der Waals surface area contributed by atoms with E-state index in [0.29, 0.717) is 12.0 Å². The van der Waals surface area contributed by atoms with E-state index in [1.807, 2.05) is 43.3 Å². The largest absolute Gasteiger partial charge is 0.423 e. The summed E-state index contributed by atoms with van der Waals surface area (Å²) < 4.78 is 10.8. The van der Waals surface area contributed by atoms with Gasteiger partial charge in [0.25, 0.3) is 0 Å². The minimum Gasteiger partial charge on any atom is -0.423 e. The van der Waals surface area contributed by atoms with Crippen LogP contribution >= 0.6 is 0 Å². The Balaban J connectivity index is 1.33. The Morgan fingerprint density at radius 2 is 1.89 bits per heavy atom. The van der Waals surface area contributed by atoms with Crippen molar-refractivity contribution in [3.05, 3.63) is 75.6 Å². The fourth-order valence-corrected chi connectivity index (χ4v) is 4.52. The summed E-state index contributed by atoms with van der Waals surface area (Å²) >= 11 is 0. The zero-order chi connectivity index (χ0) is 25.5. The number of anilines is 1. The number of ether oxygens (including phenoxy) is 1. The normalized spacial score (nSPS) is 16.1. The number of hydrogen-bond acceptors (Lipinski definition) is 7. The molecule has 4 rings (SSSR count). The van der Waals surface area contributed by atoms with Gasteiger partial charge in [-0.2, -0.15) is 0 Å². The Kier molecular flexibility index (Phi) is 8.40. The lowest BCUT2D eigenvalue weighted by Crippen LogP contribution is -2.47. The Labute approximate surface area is 211 Å². The highest BCUT2D eigenvalue weighted by Crippen LogP contribution is 2.22. The first-order valence-electron chi connectivity index (χ1n) is 12.5. The quantitative estimate of drug-likeness (QED) is 0.278. The molecule has 2 aromatic carbocycles. The molecule has 0 aliphatic carbocycles. The van der Waals surface area contributed by atoms with Crippen molar-refractivity contribution in [1.29, 1.82) is 0 Å². The molecule has 1 unspecified atom stereocenters. The fraction of sp³-hybridized carbons (Fsp3) is 0.429. The van der Waals surface area contributed by atoms with Gasteiger partial charge in [0.15, 0.2) is 0 Å². The van der Waals surface area contributed by atoms with Crippen LogP contribution in [0.25, 0.3) is 11.0 Å². The number of morpholine rings is 1. The zero-order valence-electron chi connectivity index (χ0n) is 20.8. The lowest BCUT2D eigenvalue weighted by atomic mass is 9.88. The molecular formula is C28H35N3O5. The highest BCUT2D eigenvalue weighted by Gasteiger charge is 2.35. The van der Waals surface area contributed by atoms with E-state index in [9.17, 15) is 14.7 Å². The van der Waals surface area contributed by atoms with Crippen LogP contribution in [0.4, 0.5) is 5.69 Å². The molecule has 8 heteroatoms. The summed E-state index contributed by atoms with van der Waals surface area (Å²) in [7, 11) is 0. The van der Waals surface area contributed by atoms with E-state index >= 15 is 0 Å². The van der Waals surface area contributed by atoms with Crippen molar-refractivity contribution in [1.82, 2.24) is 4.90 Å². The Bertz CT molecular complexity index is 1230. The standard InChI is InChI=1S/C28H35N3O5/c1-20-3-8-25-22(17-20)18-23(26(32)36-25)19-28(34,27(29)33)10-9-21-4-6-24(7-5-21)30-11-2-12-31-13-15-35-16-14-31/h3-8,17-18,30,34H,2,9-16,19H2,1H3,(H2,29,33). The Morgan fingerprint density at radius 1 is 1.14 bits per heavy atom. The molecule has 0 radical (unpaired) electrons. The lowest BCUT2D eigenvalue weighted by molar-refractivity contribution is -0.136. The number of aliphatic hydroxyl groups is 1. The maximum Gasteiger partial charge on any atom is 0.339 e. The predicted molar refractivity (Wildman–Crippen MR) is 140 cm³/mol. The Morgan fingerprint density at radius 3 is 2.61 bits per heavy atom. The third-order valence-electron chi connectivity index (χ3n) is 6.77. The number of benzene rings is 2. The van der Waals surface area contributed by atoms with E-state index < -0.39 is 17.1 Å². The number of nitrogens with one attached hydrogen (secondary N) is 1. The second-order valence-corrected chi connectivity index (χ2v) is 9.60. The number of fused-ring (bicyclic) bond motifs is 1. The SMILES string of the molecule is Cc1ccc2oc(=O)c(CC(O)(CCc3ccc(NCCCN4CCOCC4)cc3)C(N)=O)cc2c1. The molecule has 1 saturated heterocycles. The van der Waals surface area contributed by atoms with Crippen LogP contribution in [0.3, 0.4) is 0 Å². The van der Waals surface area contributed by atoms with E-state index in [1.54, 1.807) is 12.1 Å². The molecular weight excluding hydrogens is 458 g/mol. The molecule has 1 atom stereocenters. The number of carbonyl (C=O) groups excluding carboxylic acids is 1. The number of amides is 1. The first-order chi connectivity index (χ1) is 17.3. The molecule has 4 N–H and O–H groups in total.